The number of carbonyl (C=O) groups excluding carboxylic acids is 2. The highest BCUT2D eigenvalue weighted by atomic mass is 16.3. The van der Waals surface area contributed by atoms with E-state index in [1.165, 1.54) is 4.90 Å². The van der Waals surface area contributed by atoms with Crippen LogP contribution in [0.5, 0.6) is 0 Å². The maximum atomic E-state index is 12.0. The van der Waals surface area contributed by atoms with E-state index >= 15 is 0 Å². The molecule has 0 radical (unpaired) electrons. The third kappa shape index (κ3) is 3.17. The number of nitrogens with zero attached hydrogens (tertiary/aromatic N) is 1. The van der Waals surface area contributed by atoms with Crippen LogP contribution < -0.4 is 5.32 Å². The molecule has 2 amide bonds. The average Bonchev–Trinajstić information content (AvgIpc) is 3.24. The van der Waals surface area contributed by atoms with E-state index in [-0.39, 0.29) is 23.8 Å². The maximum Gasteiger partial charge on any atom is 0.253 e. The summed E-state index contributed by atoms with van der Waals surface area (Å²) in [7, 11) is 3.37. The van der Waals surface area contributed by atoms with Gasteiger partial charge in [0.1, 0.15) is 0 Å². The first-order chi connectivity index (χ1) is 9.47. The quantitative estimate of drug-likeness (QED) is 0.839. The summed E-state index contributed by atoms with van der Waals surface area (Å²) >= 11 is 0. The highest BCUT2D eigenvalue weighted by molar-refractivity contribution is 5.97. The lowest BCUT2D eigenvalue weighted by Gasteiger charge is -2.13. The van der Waals surface area contributed by atoms with Gasteiger partial charge in [0.25, 0.3) is 11.8 Å². The molecule has 2 rings (SSSR count). The molecular weight excluding hydrogens is 256 g/mol. The van der Waals surface area contributed by atoms with Gasteiger partial charge in [0, 0.05) is 37.2 Å². The molecule has 1 aliphatic carbocycles. The lowest BCUT2D eigenvalue weighted by Crippen LogP contribution is -2.31. The topological polar surface area (TPSA) is 69.6 Å². The van der Waals surface area contributed by atoms with Crippen LogP contribution in [-0.2, 0) is 0 Å². The van der Waals surface area contributed by atoms with Gasteiger partial charge in [-0.3, -0.25) is 9.59 Å². The number of rotatable bonds is 5. The standard InChI is InChI=1S/C15H20N2O3/c1-17(2)14(20)12-5-3-11(4-6-12)13(19)16-9-15(10-18)7-8-15/h3-6,18H,7-10H2,1-2H3,(H,16,19). The zero-order valence-corrected chi connectivity index (χ0v) is 11.8. The third-order valence-corrected chi connectivity index (χ3v) is 3.72. The van der Waals surface area contributed by atoms with E-state index in [0.29, 0.717) is 17.7 Å². The number of carbonyl (C=O) groups is 2. The van der Waals surface area contributed by atoms with Gasteiger partial charge in [-0.05, 0) is 37.1 Å². The summed E-state index contributed by atoms with van der Waals surface area (Å²) in [4.78, 5) is 25.2. The Bertz CT molecular complexity index is 504. The lowest BCUT2D eigenvalue weighted by atomic mass is 10.1. The first kappa shape index (κ1) is 14.5. The van der Waals surface area contributed by atoms with Gasteiger partial charge in [-0.25, -0.2) is 0 Å². The second-order valence-corrected chi connectivity index (χ2v) is 5.62. The molecule has 5 nitrogen and oxygen atoms in total. The fourth-order valence-electron chi connectivity index (χ4n) is 1.96. The number of aliphatic hydroxyl groups excluding tert-OH is 1. The Morgan fingerprint density at radius 3 is 2.20 bits per heavy atom. The normalized spacial score (nSPS) is 15.6. The summed E-state index contributed by atoms with van der Waals surface area (Å²) in [5.41, 5.74) is 0.978. The van der Waals surface area contributed by atoms with Crippen molar-refractivity contribution in [3.05, 3.63) is 35.4 Å². The number of benzene rings is 1. The predicted molar refractivity (Wildman–Crippen MR) is 75.5 cm³/mol. The van der Waals surface area contributed by atoms with Crippen LogP contribution in [0, 0.1) is 5.41 Å². The van der Waals surface area contributed by atoms with Gasteiger partial charge >= 0.3 is 0 Å². The molecule has 0 unspecified atom stereocenters. The van der Waals surface area contributed by atoms with E-state index in [2.05, 4.69) is 5.32 Å². The number of hydrogen-bond acceptors (Lipinski definition) is 3. The Balaban J connectivity index is 1.95. The van der Waals surface area contributed by atoms with Gasteiger partial charge in [-0.2, -0.15) is 0 Å². The molecule has 20 heavy (non-hydrogen) atoms. The molecule has 0 bridgehead atoms. The molecule has 1 aromatic rings. The Kier molecular flexibility index (Phi) is 4.09. The fourth-order valence-corrected chi connectivity index (χ4v) is 1.96. The maximum absolute atomic E-state index is 12.0. The van der Waals surface area contributed by atoms with Crippen molar-refractivity contribution >= 4 is 11.8 Å². The summed E-state index contributed by atoms with van der Waals surface area (Å²) in [5.74, 6) is -0.261. The largest absolute Gasteiger partial charge is 0.396 e. The molecule has 0 aliphatic heterocycles. The Hall–Kier alpha value is -1.88. The van der Waals surface area contributed by atoms with Crippen LogP contribution in [0.25, 0.3) is 0 Å². The van der Waals surface area contributed by atoms with Crippen LogP contribution in [0.4, 0.5) is 0 Å². The fraction of sp³-hybridized carbons (Fsp3) is 0.467. The first-order valence-electron chi connectivity index (χ1n) is 6.68. The van der Waals surface area contributed by atoms with Crippen LogP contribution in [0.15, 0.2) is 24.3 Å². The van der Waals surface area contributed by atoms with Crippen LogP contribution in [0.3, 0.4) is 0 Å². The summed E-state index contributed by atoms with van der Waals surface area (Å²) in [6.45, 7) is 0.615. The molecule has 1 aromatic carbocycles. The third-order valence-electron chi connectivity index (χ3n) is 3.72. The molecule has 0 spiro atoms. The summed E-state index contributed by atoms with van der Waals surface area (Å²) in [6.07, 6.45) is 1.92. The smallest absolute Gasteiger partial charge is 0.253 e. The monoisotopic (exact) mass is 276 g/mol. The molecule has 0 atom stereocenters. The van der Waals surface area contributed by atoms with Crippen molar-refractivity contribution in [1.29, 1.82) is 0 Å². The van der Waals surface area contributed by atoms with Crippen molar-refractivity contribution in [2.45, 2.75) is 12.8 Å². The average molecular weight is 276 g/mol. The second kappa shape index (κ2) is 5.63. The van der Waals surface area contributed by atoms with E-state index in [1.54, 1.807) is 38.4 Å². The summed E-state index contributed by atoms with van der Waals surface area (Å²) in [5, 5.41) is 12.0. The molecule has 5 heteroatoms. The lowest BCUT2D eigenvalue weighted by molar-refractivity contribution is 0.0826. The molecule has 1 aliphatic rings. The predicted octanol–water partition coefficient (Wildman–Crippen LogP) is 0.891. The van der Waals surface area contributed by atoms with Gasteiger partial charge in [0.15, 0.2) is 0 Å². The van der Waals surface area contributed by atoms with Crippen LogP contribution in [-0.4, -0.2) is 49.1 Å². The van der Waals surface area contributed by atoms with Crippen LogP contribution in [0.1, 0.15) is 33.6 Å². The van der Waals surface area contributed by atoms with Crippen molar-refractivity contribution in [2.75, 3.05) is 27.2 Å². The Morgan fingerprint density at radius 2 is 1.75 bits per heavy atom. The molecule has 1 fully saturated rings. The molecule has 1 saturated carbocycles. The Labute approximate surface area is 118 Å². The van der Waals surface area contributed by atoms with E-state index in [1.807, 2.05) is 0 Å². The van der Waals surface area contributed by atoms with Crippen LogP contribution in [0.2, 0.25) is 0 Å². The van der Waals surface area contributed by atoms with Gasteiger partial charge < -0.3 is 15.3 Å². The van der Waals surface area contributed by atoms with Gasteiger partial charge in [-0.1, -0.05) is 0 Å². The van der Waals surface area contributed by atoms with E-state index < -0.39 is 0 Å². The van der Waals surface area contributed by atoms with E-state index in [0.717, 1.165) is 12.8 Å². The molecule has 2 N–H and O–H groups in total. The van der Waals surface area contributed by atoms with E-state index in [9.17, 15) is 14.7 Å². The number of nitrogens with one attached hydrogen (secondary N) is 1. The van der Waals surface area contributed by atoms with Gasteiger partial charge in [0.05, 0.1) is 6.61 Å². The van der Waals surface area contributed by atoms with E-state index in [4.69, 9.17) is 0 Å². The zero-order chi connectivity index (χ0) is 14.8. The zero-order valence-electron chi connectivity index (χ0n) is 11.8. The highest BCUT2D eigenvalue weighted by Crippen LogP contribution is 2.44. The molecular formula is C15H20N2O3. The molecule has 0 aromatic heterocycles. The molecule has 0 heterocycles. The van der Waals surface area contributed by atoms with Gasteiger partial charge in [0.2, 0.25) is 0 Å². The first-order valence-corrected chi connectivity index (χ1v) is 6.68. The van der Waals surface area contributed by atoms with Crippen molar-refractivity contribution in [1.82, 2.24) is 10.2 Å². The number of amides is 2. The summed E-state index contributed by atoms with van der Waals surface area (Å²) in [6, 6.07) is 6.58. The highest BCUT2D eigenvalue weighted by Gasteiger charge is 2.42. The minimum atomic E-state index is -0.173. The summed E-state index contributed by atoms with van der Waals surface area (Å²) < 4.78 is 0. The van der Waals surface area contributed by atoms with Crippen molar-refractivity contribution < 1.29 is 14.7 Å². The molecule has 0 saturated heterocycles. The SMILES string of the molecule is CN(C)C(=O)c1ccc(C(=O)NCC2(CO)CC2)cc1. The minimum Gasteiger partial charge on any atom is -0.396 e. The minimum absolute atomic E-state index is 0.0887. The number of aliphatic hydroxyl groups is 1. The Morgan fingerprint density at radius 1 is 1.20 bits per heavy atom. The van der Waals surface area contributed by atoms with Crippen molar-refractivity contribution in [3.8, 4) is 0 Å². The van der Waals surface area contributed by atoms with Crippen molar-refractivity contribution in [2.24, 2.45) is 5.41 Å². The van der Waals surface area contributed by atoms with Gasteiger partial charge in [-0.15, -0.1) is 0 Å². The number of hydrogen-bond donors (Lipinski definition) is 2. The van der Waals surface area contributed by atoms with Crippen molar-refractivity contribution in [3.63, 3.8) is 0 Å². The second-order valence-electron chi connectivity index (χ2n) is 5.62. The molecule has 108 valence electrons. The van der Waals surface area contributed by atoms with Crippen LogP contribution >= 0.6 is 0 Å².